The van der Waals surface area contributed by atoms with Crippen LogP contribution in [0, 0.1) is 12.8 Å². The molecule has 0 aromatic carbocycles. The van der Waals surface area contributed by atoms with E-state index in [9.17, 15) is 9.59 Å². The Morgan fingerprint density at radius 3 is 2.44 bits per heavy atom. The highest BCUT2D eigenvalue weighted by atomic mass is 32.1. The molecule has 5 heteroatoms. The summed E-state index contributed by atoms with van der Waals surface area (Å²) in [6.07, 6.45) is 8.51. The molecule has 1 aromatic heterocycles. The molecule has 2 aliphatic rings. The van der Waals surface area contributed by atoms with Crippen LogP contribution in [0.1, 0.15) is 72.0 Å². The Morgan fingerprint density at radius 2 is 1.84 bits per heavy atom. The molecule has 0 radical (unpaired) electrons. The van der Waals surface area contributed by atoms with Crippen LogP contribution in [0.15, 0.2) is 6.07 Å². The zero-order valence-electron chi connectivity index (χ0n) is 15.5. The van der Waals surface area contributed by atoms with Gasteiger partial charge in [0, 0.05) is 29.9 Å². The summed E-state index contributed by atoms with van der Waals surface area (Å²) in [6, 6.07) is 2.22. The van der Waals surface area contributed by atoms with E-state index in [0.29, 0.717) is 5.91 Å². The maximum Gasteiger partial charge on any atom is 0.261 e. The van der Waals surface area contributed by atoms with Crippen molar-refractivity contribution in [2.75, 3.05) is 13.1 Å². The number of hydrogen-bond acceptors (Lipinski definition) is 3. The van der Waals surface area contributed by atoms with Gasteiger partial charge in [-0.1, -0.05) is 26.2 Å². The molecular formula is C20H30N2O2S. The lowest BCUT2D eigenvalue weighted by atomic mass is 9.87. The van der Waals surface area contributed by atoms with Crippen LogP contribution in [0.4, 0.5) is 0 Å². The van der Waals surface area contributed by atoms with Crippen molar-refractivity contribution >= 4 is 23.2 Å². The van der Waals surface area contributed by atoms with Gasteiger partial charge in [0.15, 0.2) is 0 Å². The fourth-order valence-electron chi connectivity index (χ4n) is 4.09. The van der Waals surface area contributed by atoms with Crippen LogP contribution >= 0.6 is 11.3 Å². The second-order valence-corrected chi connectivity index (χ2v) is 8.71. The third kappa shape index (κ3) is 4.43. The Bertz CT molecular complexity index is 611. The maximum absolute atomic E-state index is 12.6. The number of nitrogens with zero attached hydrogens (tertiary/aromatic N) is 1. The van der Waals surface area contributed by atoms with Gasteiger partial charge in [-0.25, -0.2) is 0 Å². The monoisotopic (exact) mass is 362 g/mol. The molecule has 0 spiro atoms. The van der Waals surface area contributed by atoms with Gasteiger partial charge in [-0.2, -0.15) is 0 Å². The van der Waals surface area contributed by atoms with Crippen molar-refractivity contribution in [1.82, 2.24) is 10.2 Å². The highest BCUT2D eigenvalue weighted by Crippen LogP contribution is 2.27. The highest BCUT2D eigenvalue weighted by Gasteiger charge is 2.29. The van der Waals surface area contributed by atoms with E-state index in [1.54, 1.807) is 11.3 Å². The van der Waals surface area contributed by atoms with Gasteiger partial charge in [-0.15, -0.1) is 11.3 Å². The molecular weight excluding hydrogens is 332 g/mol. The Labute approximate surface area is 155 Å². The van der Waals surface area contributed by atoms with Crippen molar-refractivity contribution in [2.24, 2.45) is 5.92 Å². The zero-order chi connectivity index (χ0) is 17.8. The lowest BCUT2D eigenvalue weighted by Crippen LogP contribution is -2.48. The SMILES string of the molecule is CCc1cc(C(=O)NC2CCN(C(=O)C3CCCCC3)CC2)sc1C. The number of rotatable bonds is 4. The molecule has 3 rings (SSSR count). The van der Waals surface area contributed by atoms with Gasteiger partial charge in [0.2, 0.25) is 5.91 Å². The van der Waals surface area contributed by atoms with Gasteiger partial charge in [0.1, 0.15) is 0 Å². The number of carbonyl (C=O) groups is 2. The highest BCUT2D eigenvalue weighted by molar-refractivity contribution is 7.14. The molecule has 1 aliphatic heterocycles. The van der Waals surface area contributed by atoms with Gasteiger partial charge in [-0.3, -0.25) is 9.59 Å². The number of piperidine rings is 1. The van der Waals surface area contributed by atoms with Gasteiger partial charge in [0.05, 0.1) is 4.88 Å². The molecule has 2 heterocycles. The minimum Gasteiger partial charge on any atom is -0.348 e. The van der Waals surface area contributed by atoms with E-state index in [1.807, 2.05) is 11.0 Å². The van der Waals surface area contributed by atoms with E-state index in [1.165, 1.54) is 29.7 Å². The zero-order valence-corrected chi connectivity index (χ0v) is 16.3. The molecule has 2 amide bonds. The standard InChI is InChI=1S/C20H30N2O2S/c1-3-15-13-18(25-14(15)2)19(23)21-17-9-11-22(12-10-17)20(24)16-7-5-4-6-8-16/h13,16-17H,3-12H2,1-2H3,(H,21,23). The molecule has 1 N–H and O–H groups in total. The van der Waals surface area contributed by atoms with Crippen LogP contribution in [0.5, 0.6) is 0 Å². The molecule has 0 bridgehead atoms. The quantitative estimate of drug-likeness (QED) is 0.882. The third-order valence-electron chi connectivity index (χ3n) is 5.72. The molecule has 0 atom stereocenters. The largest absolute Gasteiger partial charge is 0.348 e. The van der Waals surface area contributed by atoms with Crippen molar-refractivity contribution in [3.05, 3.63) is 21.4 Å². The van der Waals surface area contributed by atoms with Crippen LogP contribution in [0.3, 0.4) is 0 Å². The first-order chi connectivity index (χ1) is 12.1. The third-order valence-corrected chi connectivity index (χ3v) is 6.81. The number of carbonyl (C=O) groups excluding carboxylic acids is 2. The number of hydrogen-bond donors (Lipinski definition) is 1. The smallest absolute Gasteiger partial charge is 0.261 e. The Balaban J connectivity index is 1.48. The molecule has 1 saturated carbocycles. The molecule has 1 aromatic rings. The van der Waals surface area contributed by atoms with Crippen LogP contribution in [-0.2, 0) is 11.2 Å². The number of amides is 2. The molecule has 1 aliphatic carbocycles. The number of likely N-dealkylation sites (tertiary alicyclic amines) is 1. The van der Waals surface area contributed by atoms with Crippen molar-refractivity contribution < 1.29 is 9.59 Å². The molecule has 25 heavy (non-hydrogen) atoms. The van der Waals surface area contributed by atoms with Gasteiger partial charge in [-0.05, 0) is 50.7 Å². The first-order valence-electron chi connectivity index (χ1n) is 9.77. The van der Waals surface area contributed by atoms with Gasteiger partial charge in [0.25, 0.3) is 5.91 Å². The topological polar surface area (TPSA) is 49.4 Å². The Kier molecular flexibility index (Phi) is 6.15. The Hall–Kier alpha value is -1.36. The minimum atomic E-state index is 0.0462. The number of thiophene rings is 1. The van der Waals surface area contributed by atoms with Crippen molar-refractivity contribution in [2.45, 2.75) is 71.3 Å². The summed E-state index contributed by atoms with van der Waals surface area (Å²) in [7, 11) is 0. The predicted octanol–water partition coefficient (Wildman–Crippen LogP) is 3.92. The van der Waals surface area contributed by atoms with Crippen molar-refractivity contribution in [3.8, 4) is 0 Å². The van der Waals surface area contributed by atoms with Crippen LogP contribution < -0.4 is 5.32 Å². The molecule has 138 valence electrons. The average molecular weight is 363 g/mol. The average Bonchev–Trinajstić information content (AvgIpc) is 3.03. The van der Waals surface area contributed by atoms with E-state index < -0.39 is 0 Å². The molecule has 4 nitrogen and oxygen atoms in total. The minimum absolute atomic E-state index is 0.0462. The second kappa shape index (κ2) is 8.35. The van der Waals surface area contributed by atoms with E-state index in [4.69, 9.17) is 0 Å². The summed E-state index contributed by atoms with van der Waals surface area (Å²) in [4.78, 5) is 29.2. The number of aryl methyl sites for hydroxylation is 2. The first kappa shape index (κ1) is 18.4. The first-order valence-corrected chi connectivity index (χ1v) is 10.6. The second-order valence-electron chi connectivity index (χ2n) is 7.45. The van der Waals surface area contributed by atoms with Crippen LogP contribution in [0.25, 0.3) is 0 Å². The fourth-order valence-corrected chi connectivity index (χ4v) is 5.11. The lowest BCUT2D eigenvalue weighted by Gasteiger charge is -2.35. The summed E-state index contributed by atoms with van der Waals surface area (Å²) in [5, 5.41) is 3.17. The number of nitrogens with one attached hydrogen (secondary N) is 1. The summed E-state index contributed by atoms with van der Waals surface area (Å²) < 4.78 is 0. The predicted molar refractivity (Wildman–Crippen MR) is 102 cm³/mol. The van der Waals surface area contributed by atoms with Gasteiger partial charge < -0.3 is 10.2 Å². The fraction of sp³-hybridized carbons (Fsp3) is 0.700. The summed E-state index contributed by atoms with van der Waals surface area (Å²) in [6.45, 7) is 5.76. The normalized spacial score (nSPS) is 19.8. The van der Waals surface area contributed by atoms with E-state index in [0.717, 1.165) is 50.1 Å². The van der Waals surface area contributed by atoms with Crippen molar-refractivity contribution in [1.29, 1.82) is 0 Å². The molecule has 1 saturated heterocycles. The van der Waals surface area contributed by atoms with Crippen LogP contribution in [0.2, 0.25) is 0 Å². The molecule has 0 unspecified atom stereocenters. The summed E-state index contributed by atoms with van der Waals surface area (Å²) >= 11 is 1.58. The van der Waals surface area contributed by atoms with E-state index in [2.05, 4.69) is 19.2 Å². The Morgan fingerprint density at radius 1 is 1.16 bits per heavy atom. The van der Waals surface area contributed by atoms with E-state index >= 15 is 0 Å². The van der Waals surface area contributed by atoms with Gasteiger partial charge >= 0.3 is 0 Å². The van der Waals surface area contributed by atoms with E-state index in [-0.39, 0.29) is 17.9 Å². The van der Waals surface area contributed by atoms with Crippen LogP contribution in [-0.4, -0.2) is 35.8 Å². The summed E-state index contributed by atoms with van der Waals surface area (Å²) in [5.74, 6) is 0.650. The molecule has 2 fully saturated rings. The maximum atomic E-state index is 12.6. The lowest BCUT2D eigenvalue weighted by molar-refractivity contribution is -0.137. The van der Waals surface area contributed by atoms with Crippen molar-refractivity contribution in [3.63, 3.8) is 0 Å². The summed E-state index contributed by atoms with van der Waals surface area (Å²) in [5.41, 5.74) is 1.27.